The molecule has 3 rings (SSSR count). The minimum absolute atomic E-state index is 0.121. The summed E-state index contributed by atoms with van der Waals surface area (Å²) in [6.45, 7) is 3.25. The topological polar surface area (TPSA) is 88.1 Å². The van der Waals surface area contributed by atoms with Gasteiger partial charge in [0.25, 0.3) is 0 Å². The summed E-state index contributed by atoms with van der Waals surface area (Å²) in [5, 5.41) is 12.7. The first kappa shape index (κ1) is 17.0. The Hall–Kier alpha value is -2.83. The van der Waals surface area contributed by atoms with Crippen LogP contribution in [0.15, 0.2) is 42.7 Å². The van der Waals surface area contributed by atoms with Crippen LogP contribution in [0.5, 0.6) is 0 Å². The van der Waals surface area contributed by atoms with Crippen molar-refractivity contribution in [3.63, 3.8) is 0 Å². The molecule has 3 N–H and O–H groups in total. The highest BCUT2D eigenvalue weighted by Gasteiger charge is 2.24. The minimum atomic E-state index is -0.457. The molecule has 25 heavy (non-hydrogen) atoms. The molecule has 1 fully saturated rings. The molecule has 0 spiro atoms. The van der Waals surface area contributed by atoms with E-state index in [-0.39, 0.29) is 18.0 Å². The Bertz CT molecular complexity index is 728. The maximum absolute atomic E-state index is 12.1. The number of aromatic nitrogens is 2. The summed E-state index contributed by atoms with van der Waals surface area (Å²) in [4.78, 5) is 23.8. The molecule has 7 heteroatoms. The van der Waals surface area contributed by atoms with Crippen LogP contribution in [0, 0.1) is 0 Å². The van der Waals surface area contributed by atoms with Crippen LogP contribution in [-0.4, -0.2) is 34.3 Å². The Morgan fingerprint density at radius 2 is 2.20 bits per heavy atom. The van der Waals surface area contributed by atoms with E-state index in [0.29, 0.717) is 19.5 Å². The number of nitrogens with one attached hydrogen (secondary N) is 3. The predicted octanol–water partition coefficient (Wildman–Crippen LogP) is 1.57. The van der Waals surface area contributed by atoms with E-state index in [1.54, 1.807) is 6.20 Å². The zero-order chi connectivity index (χ0) is 17.6. The van der Waals surface area contributed by atoms with Crippen molar-refractivity contribution in [2.24, 2.45) is 0 Å². The molecule has 2 aromatic rings. The molecule has 0 radical (unpaired) electrons. The average Bonchev–Trinajstić information content (AvgIpc) is 3.06. The van der Waals surface area contributed by atoms with Gasteiger partial charge in [-0.25, -0.2) is 4.79 Å². The van der Waals surface area contributed by atoms with Crippen LogP contribution in [0.4, 0.5) is 4.79 Å². The number of carbonyl (C=O) groups is 2. The van der Waals surface area contributed by atoms with Crippen molar-refractivity contribution in [2.45, 2.75) is 38.4 Å². The summed E-state index contributed by atoms with van der Waals surface area (Å²) in [5.41, 5.74) is 2.08. The first-order valence-corrected chi connectivity index (χ1v) is 8.53. The van der Waals surface area contributed by atoms with Crippen LogP contribution in [0.25, 0.3) is 0 Å². The summed E-state index contributed by atoms with van der Waals surface area (Å²) in [5.74, 6) is -0.121. The average molecular weight is 341 g/mol. The summed E-state index contributed by atoms with van der Waals surface area (Å²) in [6, 6.07) is 9.07. The molecule has 132 valence electrons. The second kappa shape index (κ2) is 7.83. The number of carbonyl (C=O) groups excluding carboxylic acids is 2. The third-order valence-corrected chi connectivity index (χ3v) is 4.28. The second-order valence-corrected chi connectivity index (χ2v) is 6.28. The Morgan fingerprint density at radius 1 is 1.40 bits per heavy atom. The van der Waals surface area contributed by atoms with Gasteiger partial charge >= 0.3 is 6.03 Å². The minimum Gasteiger partial charge on any atom is -0.354 e. The lowest BCUT2D eigenvalue weighted by Gasteiger charge is -2.23. The van der Waals surface area contributed by atoms with E-state index >= 15 is 0 Å². The smallest absolute Gasteiger partial charge is 0.315 e. The fourth-order valence-electron chi connectivity index (χ4n) is 2.85. The summed E-state index contributed by atoms with van der Waals surface area (Å²) in [6.07, 6.45) is 5.22. The molecule has 1 aliphatic heterocycles. The molecule has 0 bridgehead atoms. The lowest BCUT2D eigenvalue weighted by Crippen LogP contribution is -2.52. The first-order chi connectivity index (χ1) is 12.1. The molecule has 1 saturated heterocycles. The van der Waals surface area contributed by atoms with Crippen molar-refractivity contribution in [3.8, 4) is 0 Å². The van der Waals surface area contributed by atoms with Gasteiger partial charge in [0, 0.05) is 18.3 Å². The lowest BCUT2D eigenvalue weighted by molar-refractivity contribution is -0.124. The Balaban J connectivity index is 1.53. The number of nitrogens with zero attached hydrogens (tertiary/aromatic N) is 2. The fraction of sp³-hybridized carbons (Fsp3) is 0.389. The molecule has 2 heterocycles. The number of piperidine rings is 1. The van der Waals surface area contributed by atoms with E-state index in [1.807, 2.05) is 48.1 Å². The largest absolute Gasteiger partial charge is 0.354 e. The molecule has 3 amide bonds. The summed E-state index contributed by atoms with van der Waals surface area (Å²) in [7, 11) is 0. The molecular formula is C18H23N5O2. The second-order valence-electron chi connectivity index (χ2n) is 6.28. The van der Waals surface area contributed by atoms with Crippen molar-refractivity contribution >= 4 is 11.9 Å². The van der Waals surface area contributed by atoms with Crippen molar-refractivity contribution in [3.05, 3.63) is 53.9 Å². The number of hydrogen-bond acceptors (Lipinski definition) is 3. The van der Waals surface area contributed by atoms with Gasteiger partial charge in [0.05, 0.1) is 18.8 Å². The third kappa shape index (κ3) is 4.59. The Kier molecular flexibility index (Phi) is 5.33. The molecule has 0 saturated carbocycles. The maximum Gasteiger partial charge on any atom is 0.315 e. The van der Waals surface area contributed by atoms with Crippen LogP contribution in [0.2, 0.25) is 0 Å². The fourth-order valence-corrected chi connectivity index (χ4v) is 2.85. The maximum atomic E-state index is 12.1. The van der Waals surface area contributed by atoms with Gasteiger partial charge in [-0.1, -0.05) is 30.3 Å². The summed E-state index contributed by atoms with van der Waals surface area (Å²) >= 11 is 0. The first-order valence-electron chi connectivity index (χ1n) is 8.53. The van der Waals surface area contributed by atoms with Gasteiger partial charge in [0.2, 0.25) is 5.91 Å². The van der Waals surface area contributed by atoms with Crippen LogP contribution >= 0.6 is 0 Å². The molecule has 2 atom stereocenters. The predicted molar refractivity (Wildman–Crippen MR) is 93.9 cm³/mol. The van der Waals surface area contributed by atoms with E-state index in [0.717, 1.165) is 12.0 Å². The van der Waals surface area contributed by atoms with E-state index in [2.05, 4.69) is 21.0 Å². The van der Waals surface area contributed by atoms with Gasteiger partial charge in [0.15, 0.2) is 0 Å². The number of urea groups is 1. The van der Waals surface area contributed by atoms with Crippen molar-refractivity contribution in [1.82, 2.24) is 25.7 Å². The third-order valence-electron chi connectivity index (χ3n) is 4.28. The SMILES string of the molecule is C[C@H](NC(=O)N[C@H]1CCCNC1=O)c1cnn(Cc2ccccc2)c1. The Morgan fingerprint density at radius 3 is 2.96 bits per heavy atom. The Labute approximate surface area is 146 Å². The summed E-state index contributed by atoms with van der Waals surface area (Å²) < 4.78 is 1.84. The number of benzene rings is 1. The highest BCUT2D eigenvalue weighted by Crippen LogP contribution is 2.12. The number of rotatable bonds is 5. The van der Waals surface area contributed by atoms with Crippen LogP contribution in [0.3, 0.4) is 0 Å². The molecule has 0 unspecified atom stereocenters. The van der Waals surface area contributed by atoms with E-state index in [9.17, 15) is 9.59 Å². The molecular weight excluding hydrogens is 318 g/mol. The molecule has 7 nitrogen and oxygen atoms in total. The van der Waals surface area contributed by atoms with Gasteiger partial charge < -0.3 is 16.0 Å². The van der Waals surface area contributed by atoms with Gasteiger partial charge in [-0.3, -0.25) is 9.48 Å². The zero-order valence-corrected chi connectivity index (χ0v) is 14.2. The van der Waals surface area contributed by atoms with E-state index in [1.165, 1.54) is 5.56 Å². The van der Waals surface area contributed by atoms with E-state index in [4.69, 9.17) is 0 Å². The normalized spacial score (nSPS) is 18.3. The highest BCUT2D eigenvalue weighted by molar-refractivity contribution is 5.87. The van der Waals surface area contributed by atoms with Crippen molar-refractivity contribution < 1.29 is 9.59 Å². The monoisotopic (exact) mass is 341 g/mol. The van der Waals surface area contributed by atoms with Gasteiger partial charge in [-0.05, 0) is 25.3 Å². The molecule has 1 aromatic carbocycles. The van der Waals surface area contributed by atoms with Crippen molar-refractivity contribution in [2.75, 3.05) is 6.54 Å². The van der Waals surface area contributed by atoms with Crippen LogP contribution < -0.4 is 16.0 Å². The zero-order valence-electron chi connectivity index (χ0n) is 14.2. The van der Waals surface area contributed by atoms with Crippen LogP contribution in [-0.2, 0) is 11.3 Å². The van der Waals surface area contributed by atoms with Gasteiger partial charge in [-0.2, -0.15) is 5.10 Å². The van der Waals surface area contributed by atoms with Crippen molar-refractivity contribution in [1.29, 1.82) is 0 Å². The molecule has 0 aliphatic carbocycles. The highest BCUT2D eigenvalue weighted by atomic mass is 16.2. The number of hydrogen-bond donors (Lipinski definition) is 3. The lowest BCUT2D eigenvalue weighted by atomic mass is 10.1. The molecule has 1 aromatic heterocycles. The molecule has 1 aliphatic rings. The number of amides is 3. The van der Waals surface area contributed by atoms with E-state index < -0.39 is 6.04 Å². The standard InChI is InChI=1S/C18H23N5O2/c1-13(21-18(25)22-16-8-5-9-19-17(16)24)15-10-20-23(12-15)11-14-6-3-2-4-7-14/h2-4,6-7,10,12-13,16H,5,8-9,11H2,1H3,(H,19,24)(H2,21,22,25)/t13-,16-/m0/s1. The van der Waals surface area contributed by atoms with Gasteiger partial charge in [-0.15, -0.1) is 0 Å². The quantitative estimate of drug-likeness (QED) is 0.771. The van der Waals surface area contributed by atoms with Crippen LogP contribution in [0.1, 0.15) is 36.9 Å². The van der Waals surface area contributed by atoms with Gasteiger partial charge in [0.1, 0.15) is 6.04 Å².